The maximum Gasteiger partial charge on any atom is 0.129 e. The predicted octanol–water partition coefficient (Wildman–Crippen LogP) is 4.53. The average molecular weight is 534 g/mol. The molecule has 2 N–H and O–H groups in total. The van der Waals surface area contributed by atoms with E-state index in [-0.39, 0.29) is 32.7 Å². The number of likely N-dealkylation sites (N-methyl/N-ethyl adjacent to an activating group) is 1. The number of aryl methyl sites for hydroxylation is 1. The van der Waals surface area contributed by atoms with Crippen LogP contribution in [0.25, 0.3) is 16.6 Å². The SMILES string of the molecule is CCN(CC)CCCCN[S-].CCN1CCN(c2cc(C)c3cc([NH-])ccc3n2)CC1.[Y]. The Hall–Kier alpha value is -0.436. The van der Waals surface area contributed by atoms with Gasteiger partial charge in [0.2, 0.25) is 0 Å². The number of fused-ring (bicyclic) bond motifs is 1. The minimum absolute atomic E-state index is 0. The van der Waals surface area contributed by atoms with Gasteiger partial charge < -0.3 is 38.0 Å². The second-order valence-corrected chi connectivity index (χ2v) is 8.37. The zero-order valence-electron chi connectivity index (χ0n) is 20.4. The third-order valence-electron chi connectivity index (χ3n) is 6.04. The van der Waals surface area contributed by atoms with Crippen molar-refractivity contribution in [3.05, 3.63) is 35.6 Å². The Morgan fingerprint density at radius 1 is 1.06 bits per heavy atom. The molecule has 0 unspecified atom stereocenters. The van der Waals surface area contributed by atoms with Crippen LogP contribution in [0.4, 0.5) is 11.5 Å². The summed E-state index contributed by atoms with van der Waals surface area (Å²) in [4.78, 5) is 12.0. The van der Waals surface area contributed by atoms with Gasteiger partial charge in [0, 0.05) is 64.3 Å². The molecule has 0 aliphatic carbocycles. The van der Waals surface area contributed by atoms with Crippen LogP contribution in [0.3, 0.4) is 0 Å². The molecule has 0 spiro atoms. The van der Waals surface area contributed by atoms with E-state index in [2.05, 4.69) is 66.0 Å². The van der Waals surface area contributed by atoms with Crippen molar-refractivity contribution in [2.45, 2.75) is 40.5 Å². The van der Waals surface area contributed by atoms with Crippen LogP contribution in [0.15, 0.2) is 24.3 Å². The Labute approximate surface area is 226 Å². The van der Waals surface area contributed by atoms with E-state index in [1.54, 1.807) is 0 Å². The number of piperazine rings is 1. The Balaban J connectivity index is 0.000000370. The van der Waals surface area contributed by atoms with Gasteiger partial charge in [0.05, 0.1) is 5.52 Å². The quantitative estimate of drug-likeness (QED) is 0.378. The molecule has 0 bridgehead atoms. The first-order valence-corrected chi connectivity index (χ1v) is 12.1. The summed E-state index contributed by atoms with van der Waals surface area (Å²) in [6.45, 7) is 18.7. The maximum absolute atomic E-state index is 7.72. The molecule has 1 fully saturated rings. The van der Waals surface area contributed by atoms with E-state index in [4.69, 9.17) is 10.7 Å². The van der Waals surface area contributed by atoms with Crippen molar-refractivity contribution < 1.29 is 32.7 Å². The van der Waals surface area contributed by atoms with Gasteiger partial charge in [0.25, 0.3) is 0 Å². The number of anilines is 1. The zero-order chi connectivity index (χ0) is 22.6. The summed E-state index contributed by atoms with van der Waals surface area (Å²) in [5, 5.41) is 1.09. The molecule has 0 amide bonds. The standard InChI is InChI=1S/C16H21N4.C8H19N2S.Y/c1-3-19-6-8-20(9-7-19)16-10-12(2)14-11-13(17)4-5-15(14)18-16;1-3-10(4-2)8-6-5-7-9-11;/h4-5,10-11,17H,3,6-9H2,1-2H3;9H,3-8H2,1-2H3;/q2*-1;. The minimum atomic E-state index is 0. The predicted molar refractivity (Wildman–Crippen MR) is 137 cm³/mol. The van der Waals surface area contributed by atoms with Crippen LogP contribution in [0.2, 0.25) is 0 Å². The van der Waals surface area contributed by atoms with E-state index in [1.165, 1.54) is 24.9 Å². The van der Waals surface area contributed by atoms with Crippen LogP contribution in [-0.4, -0.2) is 73.7 Å². The van der Waals surface area contributed by atoms with Gasteiger partial charge in [-0.1, -0.05) is 32.9 Å². The van der Waals surface area contributed by atoms with Crippen LogP contribution >= 0.6 is 0 Å². The average Bonchev–Trinajstić information content (AvgIpc) is 2.80. The Bertz CT molecular complexity index is 778. The van der Waals surface area contributed by atoms with E-state index in [0.29, 0.717) is 5.69 Å². The fourth-order valence-corrected chi connectivity index (χ4v) is 4.05. The molecule has 2 aromatic rings. The maximum atomic E-state index is 7.72. The zero-order valence-corrected chi connectivity index (χ0v) is 24.0. The molecule has 1 radical (unpaired) electrons. The van der Waals surface area contributed by atoms with Crippen molar-refractivity contribution in [1.82, 2.24) is 19.5 Å². The van der Waals surface area contributed by atoms with Gasteiger partial charge >= 0.3 is 0 Å². The first-order chi connectivity index (χ1) is 15.0. The fraction of sp³-hybridized carbons (Fsp3) is 0.625. The monoisotopic (exact) mass is 533 g/mol. The third kappa shape index (κ3) is 9.43. The Morgan fingerprint density at radius 3 is 2.34 bits per heavy atom. The first kappa shape index (κ1) is 29.6. The van der Waals surface area contributed by atoms with Crippen LogP contribution in [0, 0.1) is 6.92 Å². The molecule has 8 heteroatoms. The summed E-state index contributed by atoms with van der Waals surface area (Å²) in [7, 11) is 0. The number of hydrogen-bond acceptors (Lipinski definition) is 6. The molecule has 1 aromatic carbocycles. The number of hydrogen-bond donors (Lipinski definition) is 1. The molecule has 2 heterocycles. The minimum Gasteiger partial charge on any atom is -0.705 e. The normalized spacial score (nSPS) is 14.2. The first-order valence-electron chi connectivity index (χ1n) is 11.7. The van der Waals surface area contributed by atoms with E-state index >= 15 is 0 Å². The second kappa shape index (κ2) is 16.2. The molecular formula is C24H40N6SY-2. The molecular weight excluding hydrogens is 493 g/mol. The number of nitrogens with one attached hydrogen (secondary N) is 2. The van der Waals surface area contributed by atoms with Gasteiger partial charge in [-0.15, -0.1) is 5.69 Å². The van der Waals surface area contributed by atoms with Crippen LogP contribution < -0.4 is 9.62 Å². The summed E-state index contributed by atoms with van der Waals surface area (Å²) < 4.78 is 2.74. The number of unbranched alkanes of at least 4 members (excludes halogenated alkanes) is 1. The van der Waals surface area contributed by atoms with Crippen molar-refractivity contribution in [3.8, 4) is 0 Å². The van der Waals surface area contributed by atoms with E-state index < -0.39 is 0 Å². The molecule has 0 atom stereocenters. The van der Waals surface area contributed by atoms with Gasteiger partial charge in [0.1, 0.15) is 5.82 Å². The fourth-order valence-electron chi connectivity index (χ4n) is 3.90. The van der Waals surface area contributed by atoms with Crippen molar-refractivity contribution in [2.24, 2.45) is 0 Å². The largest absolute Gasteiger partial charge is 0.705 e. The Morgan fingerprint density at radius 2 is 1.75 bits per heavy atom. The molecule has 32 heavy (non-hydrogen) atoms. The summed E-state index contributed by atoms with van der Waals surface area (Å²) in [5.74, 6) is 1.07. The van der Waals surface area contributed by atoms with E-state index in [1.807, 2.05) is 18.2 Å². The van der Waals surface area contributed by atoms with Crippen molar-refractivity contribution in [2.75, 3.05) is 63.8 Å². The molecule has 1 aromatic heterocycles. The van der Waals surface area contributed by atoms with Gasteiger partial charge in [-0.3, -0.25) is 0 Å². The van der Waals surface area contributed by atoms with Gasteiger partial charge in [-0.2, -0.15) is 0 Å². The number of pyridine rings is 1. The molecule has 1 saturated heterocycles. The molecule has 0 saturated carbocycles. The number of nitrogens with zero attached hydrogens (tertiary/aromatic N) is 4. The molecule has 6 nitrogen and oxygen atoms in total. The van der Waals surface area contributed by atoms with E-state index in [9.17, 15) is 0 Å². The third-order valence-corrected chi connectivity index (χ3v) is 6.25. The second-order valence-electron chi connectivity index (χ2n) is 8.08. The van der Waals surface area contributed by atoms with Crippen molar-refractivity contribution in [1.29, 1.82) is 0 Å². The van der Waals surface area contributed by atoms with Crippen LogP contribution in [-0.2, 0) is 45.5 Å². The van der Waals surface area contributed by atoms with E-state index in [0.717, 1.165) is 69.1 Å². The summed E-state index contributed by atoms with van der Waals surface area (Å²) in [5.41, 5.74) is 10.5. The molecule has 3 rings (SSSR count). The summed E-state index contributed by atoms with van der Waals surface area (Å²) in [6.07, 6.45) is 2.45. The summed E-state index contributed by atoms with van der Waals surface area (Å²) >= 11 is 4.62. The number of aromatic nitrogens is 1. The van der Waals surface area contributed by atoms with Gasteiger partial charge in [-0.25, -0.2) is 4.98 Å². The molecule has 177 valence electrons. The number of rotatable bonds is 9. The van der Waals surface area contributed by atoms with Crippen LogP contribution in [0.1, 0.15) is 39.2 Å². The van der Waals surface area contributed by atoms with Gasteiger partial charge in [-0.05, 0) is 70.2 Å². The number of benzene rings is 1. The smallest absolute Gasteiger partial charge is 0.129 e. The van der Waals surface area contributed by atoms with Gasteiger partial charge in [0.15, 0.2) is 0 Å². The topological polar surface area (TPSA) is 58.4 Å². The molecule has 1 aliphatic rings. The Kier molecular flexibility index (Phi) is 15.0. The van der Waals surface area contributed by atoms with Crippen LogP contribution in [0.5, 0.6) is 0 Å². The molecule has 1 aliphatic heterocycles. The van der Waals surface area contributed by atoms with Crippen molar-refractivity contribution in [3.63, 3.8) is 0 Å². The summed E-state index contributed by atoms with van der Waals surface area (Å²) in [6, 6.07) is 7.82. The van der Waals surface area contributed by atoms with Crippen molar-refractivity contribution >= 4 is 35.2 Å².